The summed E-state index contributed by atoms with van der Waals surface area (Å²) in [5.41, 5.74) is 2.20. The Kier molecular flexibility index (Phi) is 4.29. The van der Waals surface area contributed by atoms with Crippen LogP contribution in [0, 0.1) is 0 Å². The number of likely N-dealkylation sites (tertiary alicyclic amines) is 1. The predicted octanol–water partition coefficient (Wildman–Crippen LogP) is 3.40. The fraction of sp³-hybridized carbons (Fsp3) is 0.500. The molecule has 1 unspecified atom stereocenters. The molecule has 3 nitrogen and oxygen atoms in total. The lowest BCUT2D eigenvalue weighted by molar-refractivity contribution is 0.181. The molecule has 1 aromatic heterocycles. The van der Waals surface area contributed by atoms with Gasteiger partial charge < -0.3 is 15.2 Å². The summed E-state index contributed by atoms with van der Waals surface area (Å²) in [6.45, 7) is 3.06. The normalized spacial score (nSPS) is 20.6. The number of aromatic nitrogens is 1. The van der Waals surface area contributed by atoms with E-state index in [2.05, 4.69) is 34.4 Å². The summed E-state index contributed by atoms with van der Waals surface area (Å²) in [6, 6.07) is 8.85. The Hall–Kier alpha value is -1.03. The van der Waals surface area contributed by atoms with Gasteiger partial charge in [0.1, 0.15) is 0 Å². The lowest BCUT2D eigenvalue weighted by Crippen LogP contribution is -2.42. The predicted molar refractivity (Wildman–Crippen MR) is 85.3 cm³/mol. The van der Waals surface area contributed by atoms with Crippen molar-refractivity contribution in [3.8, 4) is 0 Å². The highest BCUT2D eigenvalue weighted by Gasteiger charge is 2.18. The lowest BCUT2D eigenvalue weighted by Gasteiger charge is -2.32. The molecule has 1 aliphatic rings. The van der Waals surface area contributed by atoms with Gasteiger partial charge in [0, 0.05) is 35.7 Å². The number of halogens is 1. The summed E-state index contributed by atoms with van der Waals surface area (Å²) < 4.78 is 0. The van der Waals surface area contributed by atoms with E-state index in [4.69, 9.17) is 11.6 Å². The largest absolute Gasteiger partial charge is 0.356 e. The molecule has 2 aromatic rings. The van der Waals surface area contributed by atoms with Crippen LogP contribution < -0.4 is 5.32 Å². The van der Waals surface area contributed by atoms with E-state index in [0.717, 1.165) is 34.7 Å². The second kappa shape index (κ2) is 6.17. The van der Waals surface area contributed by atoms with Crippen LogP contribution in [-0.2, 0) is 6.54 Å². The van der Waals surface area contributed by atoms with Crippen molar-refractivity contribution < 1.29 is 0 Å². The molecule has 1 aromatic carbocycles. The van der Waals surface area contributed by atoms with Gasteiger partial charge in [0.05, 0.1) is 5.02 Å². The molecule has 0 aliphatic carbocycles. The minimum Gasteiger partial charge on any atom is -0.356 e. The summed E-state index contributed by atoms with van der Waals surface area (Å²) in [4.78, 5) is 5.87. The zero-order valence-corrected chi connectivity index (χ0v) is 12.7. The van der Waals surface area contributed by atoms with Crippen molar-refractivity contribution in [1.82, 2.24) is 15.2 Å². The maximum atomic E-state index is 6.43. The molecular formula is C16H22ClN3. The lowest BCUT2D eigenvalue weighted by atomic mass is 10.0. The zero-order valence-electron chi connectivity index (χ0n) is 12.0. The summed E-state index contributed by atoms with van der Waals surface area (Å²) in [7, 11) is 2.22. The average Bonchev–Trinajstić information content (AvgIpc) is 2.78. The highest BCUT2D eigenvalue weighted by atomic mass is 35.5. The van der Waals surface area contributed by atoms with Crippen LogP contribution >= 0.6 is 11.6 Å². The second-order valence-corrected chi connectivity index (χ2v) is 6.10. The number of para-hydroxylation sites is 1. The maximum Gasteiger partial charge on any atom is 0.0705 e. The molecule has 4 heteroatoms. The van der Waals surface area contributed by atoms with Gasteiger partial charge in [0.25, 0.3) is 0 Å². The fourth-order valence-electron chi connectivity index (χ4n) is 3.05. The first-order chi connectivity index (χ1) is 9.75. The summed E-state index contributed by atoms with van der Waals surface area (Å²) in [6.07, 6.45) is 3.98. The molecule has 2 N–H and O–H groups in total. The number of rotatable bonds is 4. The van der Waals surface area contributed by atoms with Gasteiger partial charge in [-0.2, -0.15) is 0 Å². The van der Waals surface area contributed by atoms with Crippen LogP contribution in [-0.4, -0.2) is 36.1 Å². The Labute approximate surface area is 125 Å². The van der Waals surface area contributed by atoms with Crippen LogP contribution in [0.5, 0.6) is 0 Å². The number of nitrogens with zero attached hydrogens (tertiary/aromatic N) is 1. The van der Waals surface area contributed by atoms with Crippen LogP contribution in [0.3, 0.4) is 0 Å². The minimum atomic E-state index is 0.659. The highest BCUT2D eigenvalue weighted by Crippen LogP contribution is 2.27. The zero-order chi connectivity index (χ0) is 13.9. The molecule has 1 atom stereocenters. The second-order valence-electron chi connectivity index (χ2n) is 5.72. The first kappa shape index (κ1) is 13.9. The molecule has 0 radical (unpaired) electrons. The fourth-order valence-corrected chi connectivity index (χ4v) is 3.33. The van der Waals surface area contributed by atoms with Crippen LogP contribution in [0.25, 0.3) is 10.9 Å². The smallest absolute Gasteiger partial charge is 0.0705 e. The first-order valence-corrected chi connectivity index (χ1v) is 7.79. The molecule has 20 heavy (non-hydrogen) atoms. The van der Waals surface area contributed by atoms with Crippen molar-refractivity contribution in [1.29, 1.82) is 0 Å². The summed E-state index contributed by atoms with van der Waals surface area (Å²) in [5.74, 6) is 0. The van der Waals surface area contributed by atoms with E-state index in [0.29, 0.717) is 6.04 Å². The third-order valence-corrected chi connectivity index (χ3v) is 4.75. The number of hydrogen-bond acceptors (Lipinski definition) is 2. The van der Waals surface area contributed by atoms with E-state index in [1.54, 1.807) is 0 Å². The van der Waals surface area contributed by atoms with Crippen molar-refractivity contribution in [3.63, 3.8) is 0 Å². The molecular weight excluding hydrogens is 270 g/mol. The Morgan fingerprint density at radius 1 is 1.35 bits per heavy atom. The number of piperidine rings is 1. The van der Waals surface area contributed by atoms with Crippen LogP contribution in [0.1, 0.15) is 25.0 Å². The molecule has 0 spiro atoms. The van der Waals surface area contributed by atoms with Crippen molar-refractivity contribution in [2.24, 2.45) is 0 Å². The van der Waals surface area contributed by atoms with Crippen LogP contribution in [0.4, 0.5) is 0 Å². The topological polar surface area (TPSA) is 31.1 Å². The molecule has 108 valence electrons. The summed E-state index contributed by atoms with van der Waals surface area (Å²) in [5, 5.41) is 5.51. The van der Waals surface area contributed by atoms with Gasteiger partial charge in [-0.05, 0) is 32.5 Å². The number of hydrogen-bond donors (Lipinski definition) is 2. The molecule has 3 rings (SSSR count). The minimum absolute atomic E-state index is 0.659. The number of likely N-dealkylation sites (N-methyl/N-ethyl adjacent to an activating group) is 1. The maximum absolute atomic E-state index is 6.43. The van der Waals surface area contributed by atoms with Crippen LogP contribution in [0.2, 0.25) is 5.02 Å². The van der Waals surface area contributed by atoms with Crippen molar-refractivity contribution in [3.05, 3.63) is 35.0 Å². The average molecular weight is 292 g/mol. The van der Waals surface area contributed by atoms with Gasteiger partial charge in [0.15, 0.2) is 0 Å². The Balaban J connectivity index is 1.61. The van der Waals surface area contributed by atoms with Crippen molar-refractivity contribution in [2.75, 3.05) is 20.1 Å². The molecule has 0 bridgehead atoms. The molecule has 1 fully saturated rings. The van der Waals surface area contributed by atoms with E-state index < -0.39 is 0 Å². The number of fused-ring (bicyclic) bond motifs is 1. The molecule has 2 heterocycles. The van der Waals surface area contributed by atoms with E-state index in [1.807, 2.05) is 12.1 Å². The van der Waals surface area contributed by atoms with Crippen LogP contribution in [0.15, 0.2) is 24.3 Å². The molecule has 0 amide bonds. The standard InChI is InChI=1S/C16H22ClN3/c1-20-9-5-4-6-12(20)10-18-11-15-16(17)13-7-2-3-8-14(13)19-15/h2-3,7-8,12,18-19H,4-6,9-11H2,1H3. The monoisotopic (exact) mass is 291 g/mol. The van der Waals surface area contributed by atoms with E-state index >= 15 is 0 Å². The van der Waals surface area contributed by atoms with Gasteiger partial charge >= 0.3 is 0 Å². The molecule has 1 aliphatic heterocycles. The number of nitrogens with one attached hydrogen (secondary N) is 2. The van der Waals surface area contributed by atoms with Gasteiger partial charge in [-0.3, -0.25) is 0 Å². The Morgan fingerprint density at radius 3 is 3.00 bits per heavy atom. The van der Waals surface area contributed by atoms with E-state index in [-0.39, 0.29) is 0 Å². The van der Waals surface area contributed by atoms with Crippen molar-refractivity contribution >= 4 is 22.5 Å². The molecule has 0 saturated carbocycles. The first-order valence-electron chi connectivity index (χ1n) is 7.42. The van der Waals surface area contributed by atoms with Crippen molar-refractivity contribution in [2.45, 2.75) is 31.8 Å². The van der Waals surface area contributed by atoms with Gasteiger partial charge in [-0.25, -0.2) is 0 Å². The van der Waals surface area contributed by atoms with E-state index in [9.17, 15) is 0 Å². The number of benzene rings is 1. The van der Waals surface area contributed by atoms with Gasteiger partial charge in [0.2, 0.25) is 0 Å². The summed E-state index contributed by atoms with van der Waals surface area (Å²) >= 11 is 6.43. The van der Waals surface area contributed by atoms with Gasteiger partial charge in [-0.15, -0.1) is 0 Å². The number of aromatic amines is 1. The van der Waals surface area contributed by atoms with Gasteiger partial charge in [-0.1, -0.05) is 36.2 Å². The third-order valence-electron chi connectivity index (χ3n) is 4.32. The third kappa shape index (κ3) is 2.85. The Morgan fingerprint density at radius 2 is 2.20 bits per heavy atom. The SMILES string of the molecule is CN1CCCCC1CNCc1[nH]c2ccccc2c1Cl. The molecule has 1 saturated heterocycles. The Bertz CT molecular complexity index is 578. The van der Waals surface area contributed by atoms with E-state index in [1.165, 1.54) is 25.8 Å². The highest BCUT2D eigenvalue weighted by molar-refractivity contribution is 6.36. The quantitative estimate of drug-likeness (QED) is 0.905. The number of H-pyrrole nitrogens is 1.